The van der Waals surface area contributed by atoms with Crippen molar-refractivity contribution in [3.63, 3.8) is 0 Å². The van der Waals surface area contributed by atoms with Crippen LogP contribution in [0.3, 0.4) is 0 Å². The van der Waals surface area contributed by atoms with Gasteiger partial charge in [0.2, 0.25) is 0 Å². The molecule has 1 heteroatoms. The molecule has 20 heavy (non-hydrogen) atoms. The first-order valence-electron chi connectivity index (χ1n) is 8.39. The first-order valence-corrected chi connectivity index (χ1v) is 8.39. The summed E-state index contributed by atoms with van der Waals surface area (Å²) in [4.78, 5) is 0. The molecule has 0 aromatic heterocycles. The van der Waals surface area contributed by atoms with Gasteiger partial charge in [-0.15, -0.1) is 0 Å². The molecule has 1 nitrogen and oxygen atoms in total. The SMILES string of the molecule is CCCCCCCC(C)(O)C(CCC)c1ccccc1. The molecule has 0 saturated carbocycles. The monoisotopic (exact) mass is 276 g/mol. The highest BCUT2D eigenvalue weighted by Crippen LogP contribution is 2.36. The van der Waals surface area contributed by atoms with Gasteiger partial charge in [0.25, 0.3) is 0 Å². The van der Waals surface area contributed by atoms with Crippen LogP contribution in [0.2, 0.25) is 0 Å². The molecule has 0 aliphatic heterocycles. The Kier molecular flexibility index (Phi) is 7.91. The fourth-order valence-corrected chi connectivity index (χ4v) is 3.07. The van der Waals surface area contributed by atoms with Crippen molar-refractivity contribution in [2.75, 3.05) is 0 Å². The van der Waals surface area contributed by atoms with Crippen molar-refractivity contribution >= 4 is 0 Å². The molecule has 1 rings (SSSR count). The fraction of sp³-hybridized carbons (Fsp3) is 0.684. The lowest BCUT2D eigenvalue weighted by Crippen LogP contribution is -2.32. The molecule has 0 saturated heterocycles. The average Bonchev–Trinajstić information content (AvgIpc) is 2.45. The number of unbranched alkanes of at least 4 members (excludes halogenated alkanes) is 4. The van der Waals surface area contributed by atoms with Crippen molar-refractivity contribution in [2.24, 2.45) is 0 Å². The van der Waals surface area contributed by atoms with Crippen molar-refractivity contribution in [1.29, 1.82) is 0 Å². The summed E-state index contributed by atoms with van der Waals surface area (Å²) in [6, 6.07) is 10.5. The third-order valence-electron chi connectivity index (χ3n) is 4.32. The van der Waals surface area contributed by atoms with E-state index in [0.29, 0.717) is 0 Å². The minimum atomic E-state index is -0.580. The van der Waals surface area contributed by atoms with Gasteiger partial charge in [0.1, 0.15) is 0 Å². The summed E-state index contributed by atoms with van der Waals surface area (Å²) in [5, 5.41) is 10.9. The van der Waals surface area contributed by atoms with Crippen LogP contribution in [0.5, 0.6) is 0 Å². The lowest BCUT2D eigenvalue weighted by molar-refractivity contribution is 0.0162. The van der Waals surface area contributed by atoms with Crippen LogP contribution in [-0.4, -0.2) is 10.7 Å². The highest BCUT2D eigenvalue weighted by molar-refractivity contribution is 5.22. The van der Waals surface area contributed by atoms with Gasteiger partial charge in [0.05, 0.1) is 5.60 Å². The Morgan fingerprint density at radius 2 is 1.60 bits per heavy atom. The molecular weight excluding hydrogens is 244 g/mol. The van der Waals surface area contributed by atoms with Crippen molar-refractivity contribution in [2.45, 2.75) is 83.7 Å². The second-order valence-electron chi connectivity index (χ2n) is 6.27. The maximum absolute atomic E-state index is 10.9. The molecule has 1 N–H and O–H groups in total. The summed E-state index contributed by atoms with van der Waals surface area (Å²) >= 11 is 0. The van der Waals surface area contributed by atoms with E-state index in [0.717, 1.165) is 25.7 Å². The second kappa shape index (κ2) is 9.18. The van der Waals surface area contributed by atoms with E-state index in [9.17, 15) is 5.11 Å². The number of rotatable bonds is 10. The normalized spacial score (nSPS) is 15.8. The molecule has 1 aromatic carbocycles. The molecule has 0 spiro atoms. The van der Waals surface area contributed by atoms with E-state index in [2.05, 4.69) is 38.1 Å². The Morgan fingerprint density at radius 1 is 0.950 bits per heavy atom. The van der Waals surface area contributed by atoms with E-state index in [1.54, 1.807) is 0 Å². The second-order valence-corrected chi connectivity index (χ2v) is 6.27. The lowest BCUT2D eigenvalue weighted by Gasteiger charge is -2.33. The highest BCUT2D eigenvalue weighted by Gasteiger charge is 2.31. The van der Waals surface area contributed by atoms with Crippen LogP contribution in [-0.2, 0) is 0 Å². The first kappa shape index (κ1) is 17.2. The zero-order valence-electron chi connectivity index (χ0n) is 13.6. The predicted molar refractivity (Wildman–Crippen MR) is 88.1 cm³/mol. The van der Waals surface area contributed by atoms with Crippen LogP contribution in [0.15, 0.2) is 30.3 Å². The first-order chi connectivity index (χ1) is 9.61. The molecule has 2 unspecified atom stereocenters. The van der Waals surface area contributed by atoms with Gasteiger partial charge in [-0.2, -0.15) is 0 Å². The van der Waals surface area contributed by atoms with Crippen LogP contribution < -0.4 is 0 Å². The molecule has 0 aliphatic carbocycles. The summed E-state index contributed by atoms with van der Waals surface area (Å²) in [6.07, 6.45) is 9.37. The molecule has 114 valence electrons. The van der Waals surface area contributed by atoms with Crippen LogP contribution in [0.1, 0.15) is 83.6 Å². The summed E-state index contributed by atoms with van der Waals surface area (Å²) in [6.45, 7) is 6.47. The summed E-state index contributed by atoms with van der Waals surface area (Å²) in [5.74, 6) is 0.264. The Hall–Kier alpha value is -0.820. The topological polar surface area (TPSA) is 20.2 Å². The highest BCUT2D eigenvalue weighted by atomic mass is 16.3. The maximum Gasteiger partial charge on any atom is 0.0688 e. The number of hydrogen-bond donors (Lipinski definition) is 1. The number of hydrogen-bond acceptors (Lipinski definition) is 1. The molecule has 0 amide bonds. The molecule has 0 heterocycles. The van der Waals surface area contributed by atoms with E-state index in [4.69, 9.17) is 0 Å². The van der Waals surface area contributed by atoms with Crippen molar-refractivity contribution < 1.29 is 5.11 Å². The number of benzene rings is 1. The van der Waals surface area contributed by atoms with Gasteiger partial charge in [0.15, 0.2) is 0 Å². The lowest BCUT2D eigenvalue weighted by atomic mass is 9.77. The Balaban J connectivity index is 2.59. The molecule has 1 aromatic rings. The largest absolute Gasteiger partial charge is 0.390 e. The van der Waals surface area contributed by atoms with Gasteiger partial charge in [0, 0.05) is 5.92 Å². The standard InChI is InChI=1S/C19H32O/c1-4-6-7-8-12-16-19(3,20)18(13-5-2)17-14-10-9-11-15-17/h9-11,14-15,18,20H,4-8,12-13,16H2,1-3H3. The Morgan fingerprint density at radius 3 is 2.20 bits per heavy atom. The quantitative estimate of drug-likeness (QED) is 0.545. The van der Waals surface area contributed by atoms with Gasteiger partial charge in [-0.25, -0.2) is 0 Å². The van der Waals surface area contributed by atoms with E-state index >= 15 is 0 Å². The van der Waals surface area contributed by atoms with E-state index in [-0.39, 0.29) is 5.92 Å². The summed E-state index contributed by atoms with van der Waals surface area (Å²) in [5.41, 5.74) is 0.705. The molecule has 0 bridgehead atoms. The van der Waals surface area contributed by atoms with E-state index in [1.807, 2.05) is 13.0 Å². The maximum atomic E-state index is 10.9. The van der Waals surface area contributed by atoms with Crippen LogP contribution >= 0.6 is 0 Å². The molecular formula is C19H32O. The van der Waals surface area contributed by atoms with Gasteiger partial charge in [-0.1, -0.05) is 82.7 Å². The Labute approximate surface area is 125 Å². The fourth-order valence-electron chi connectivity index (χ4n) is 3.07. The van der Waals surface area contributed by atoms with E-state index < -0.39 is 5.60 Å². The van der Waals surface area contributed by atoms with Gasteiger partial charge >= 0.3 is 0 Å². The van der Waals surface area contributed by atoms with E-state index in [1.165, 1.54) is 31.2 Å². The zero-order valence-corrected chi connectivity index (χ0v) is 13.6. The molecule has 0 aliphatic rings. The zero-order chi connectivity index (χ0) is 14.8. The minimum Gasteiger partial charge on any atom is -0.390 e. The summed E-state index contributed by atoms with van der Waals surface area (Å²) < 4.78 is 0. The van der Waals surface area contributed by atoms with Gasteiger partial charge in [-0.05, 0) is 25.3 Å². The smallest absolute Gasteiger partial charge is 0.0688 e. The van der Waals surface area contributed by atoms with Crippen molar-refractivity contribution in [3.8, 4) is 0 Å². The molecule has 0 radical (unpaired) electrons. The van der Waals surface area contributed by atoms with Crippen LogP contribution in [0.25, 0.3) is 0 Å². The average molecular weight is 276 g/mol. The van der Waals surface area contributed by atoms with Crippen LogP contribution in [0, 0.1) is 0 Å². The number of aliphatic hydroxyl groups is 1. The van der Waals surface area contributed by atoms with Gasteiger partial charge in [-0.3, -0.25) is 0 Å². The Bertz CT molecular complexity index is 342. The van der Waals surface area contributed by atoms with Gasteiger partial charge < -0.3 is 5.11 Å². The minimum absolute atomic E-state index is 0.264. The predicted octanol–water partition coefficient (Wildman–Crippen LogP) is 5.68. The van der Waals surface area contributed by atoms with Crippen LogP contribution in [0.4, 0.5) is 0 Å². The molecule has 0 fully saturated rings. The third kappa shape index (κ3) is 5.66. The third-order valence-corrected chi connectivity index (χ3v) is 4.32. The summed E-state index contributed by atoms with van der Waals surface area (Å²) in [7, 11) is 0. The molecule has 2 atom stereocenters. The van der Waals surface area contributed by atoms with Crippen molar-refractivity contribution in [3.05, 3.63) is 35.9 Å². The van der Waals surface area contributed by atoms with Crippen molar-refractivity contribution in [1.82, 2.24) is 0 Å².